The summed E-state index contributed by atoms with van der Waals surface area (Å²) < 4.78 is 0. The SMILES string of the molecule is C=CCCC[C@H]1CC[C@H](C2(C(C)=O)C=CC(c3ccccc3)C=C2)CC1. The molecule has 0 spiro atoms. The zero-order valence-electron chi connectivity index (χ0n) is 16.1. The van der Waals surface area contributed by atoms with Gasteiger partial charge in [-0.1, -0.05) is 80.0 Å². The van der Waals surface area contributed by atoms with Crippen molar-refractivity contribution < 1.29 is 4.79 Å². The highest BCUT2D eigenvalue weighted by Gasteiger charge is 2.41. The Hall–Kier alpha value is -1.89. The normalized spacial score (nSPS) is 30.9. The van der Waals surface area contributed by atoms with Crippen molar-refractivity contribution in [3.05, 3.63) is 72.9 Å². The molecule has 0 bridgehead atoms. The van der Waals surface area contributed by atoms with Crippen LogP contribution in [0.25, 0.3) is 0 Å². The lowest BCUT2D eigenvalue weighted by molar-refractivity contribution is -0.125. The number of hydrogen-bond donors (Lipinski definition) is 0. The Labute approximate surface area is 158 Å². The van der Waals surface area contributed by atoms with Crippen molar-refractivity contribution in [3.8, 4) is 0 Å². The summed E-state index contributed by atoms with van der Waals surface area (Å²) in [5, 5.41) is 0. The molecule has 138 valence electrons. The quantitative estimate of drug-likeness (QED) is 0.399. The molecule has 26 heavy (non-hydrogen) atoms. The van der Waals surface area contributed by atoms with Gasteiger partial charge in [0, 0.05) is 5.92 Å². The first kappa shape index (κ1) is 18.9. The predicted molar refractivity (Wildman–Crippen MR) is 110 cm³/mol. The summed E-state index contributed by atoms with van der Waals surface area (Å²) in [4.78, 5) is 12.6. The third-order valence-corrected chi connectivity index (χ3v) is 6.50. The lowest BCUT2D eigenvalue weighted by Crippen LogP contribution is -2.37. The minimum absolute atomic E-state index is 0.291. The Morgan fingerprint density at radius 3 is 2.35 bits per heavy atom. The van der Waals surface area contributed by atoms with Crippen LogP contribution in [0.15, 0.2) is 67.3 Å². The van der Waals surface area contributed by atoms with Crippen molar-refractivity contribution in [1.29, 1.82) is 0 Å². The molecule has 1 nitrogen and oxygen atoms in total. The number of Topliss-reactive ketones (excluding diaryl/α,β-unsaturated/α-hetero) is 1. The molecule has 0 saturated heterocycles. The molecule has 0 atom stereocenters. The van der Waals surface area contributed by atoms with E-state index in [-0.39, 0.29) is 5.41 Å². The molecule has 2 aliphatic rings. The second-order valence-corrected chi connectivity index (χ2v) is 8.08. The molecule has 0 heterocycles. The fourth-order valence-corrected chi connectivity index (χ4v) is 4.82. The third kappa shape index (κ3) is 4.09. The highest BCUT2D eigenvalue weighted by atomic mass is 16.1. The maximum Gasteiger partial charge on any atom is 0.143 e. The summed E-state index contributed by atoms with van der Waals surface area (Å²) in [6.07, 6.45) is 19.5. The standard InChI is InChI=1S/C25H32O/c1-3-4-6-9-21-12-14-24(15-13-21)25(20(2)26)18-16-23(17-19-25)22-10-7-5-8-11-22/h3,5,7-8,10-11,16-19,21,23-24H,1,4,6,9,12-15H2,2H3/t21-,23?,24-,25?. The molecule has 1 aromatic carbocycles. The molecule has 0 aromatic heterocycles. The summed E-state index contributed by atoms with van der Waals surface area (Å²) in [6, 6.07) is 10.5. The lowest BCUT2D eigenvalue weighted by atomic mass is 9.62. The van der Waals surface area contributed by atoms with E-state index in [1.807, 2.05) is 12.1 Å². The highest BCUT2D eigenvalue weighted by Crippen LogP contribution is 2.46. The molecule has 1 heteroatoms. The fraction of sp³-hybridized carbons (Fsp3) is 0.480. The number of benzene rings is 1. The van der Waals surface area contributed by atoms with Gasteiger partial charge in [0.25, 0.3) is 0 Å². The first-order valence-corrected chi connectivity index (χ1v) is 10.2. The van der Waals surface area contributed by atoms with Crippen molar-refractivity contribution in [2.45, 2.75) is 57.8 Å². The van der Waals surface area contributed by atoms with Crippen molar-refractivity contribution >= 4 is 5.78 Å². The van der Waals surface area contributed by atoms with E-state index in [1.165, 1.54) is 44.1 Å². The van der Waals surface area contributed by atoms with E-state index in [2.05, 4.69) is 55.1 Å². The maximum absolute atomic E-state index is 12.6. The van der Waals surface area contributed by atoms with Gasteiger partial charge in [-0.15, -0.1) is 6.58 Å². The molecule has 0 aliphatic heterocycles. The van der Waals surface area contributed by atoms with Crippen molar-refractivity contribution in [2.75, 3.05) is 0 Å². The highest BCUT2D eigenvalue weighted by molar-refractivity contribution is 5.87. The Kier molecular flexibility index (Phi) is 6.29. The van der Waals surface area contributed by atoms with Gasteiger partial charge in [0.15, 0.2) is 0 Å². The van der Waals surface area contributed by atoms with E-state index < -0.39 is 0 Å². The first-order chi connectivity index (χ1) is 12.7. The predicted octanol–water partition coefficient (Wildman–Crippen LogP) is 6.63. The summed E-state index contributed by atoms with van der Waals surface area (Å²) in [5.74, 6) is 1.88. The summed E-state index contributed by atoms with van der Waals surface area (Å²) in [7, 11) is 0. The molecule has 3 rings (SSSR count). The topological polar surface area (TPSA) is 17.1 Å². The fourth-order valence-electron chi connectivity index (χ4n) is 4.82. The van der Waals surface area contributed by atoms with E-state index in [0.29, 0.717) is 17.6 Å². The number of allylic oxidation sites excluding steroid dienone is 5. The van der Waals surface area contributed by atoms with Gasteiger partial charge in [-0.2, -0.15) is 0 Å². The molecule has 1 saturated carbocycles. The zero-order valence-corrected chi connectivity index (χ0v) is 16.1. The van der Waals surface area contributed by atoms with Gasteiger partial charge in [0.2, 0.25) is 0 Å². The Balaban J connectivity index is 1.66. The van der Waals surface area contributed by atoms with Crippen LogP contribution in [0.5, 0.6) is 0 Å². The van der Waals surface area contributed by atoms with Crippen molar-refractivity contribution in [2.24, 2.45) is 17.3 Å². The van der Waals surface area contributed by atoms with E-state index >= 15 is 0 Å². The molecule has 0 unspecified atom stereocenters. The second-order valence-electron chi connectivity index (χ2n) is 8.08. The number of carbonyl (C=O) groups is 1. The lowest BCUT2D eigenvalue weighted by Gasteiger charge is -2.40. The number of carbonyl (C=O) groups excluding carboxylic acids is 1. The van der Waals surface area contributed by atoms with Gasteiger partial charge in [-0.3, -0.25) is 4.79 Å². The average Bonchev–Trinajstić information content (AvgIpc) is 2.69. The molecule has 1 aromatic rings. The van der Waals surface area contributed by atoms with Gasteiger partial charge in [-0.05, 0) is 50.0 Å². The zero-order chi connectivity index (χ0) is 18.4. The molecule has 0 amide bonds. The van der Waals surface area contributed by atoms with Gasteiger partial charge in [-0.25, -0.2) is 0 Å². The van der Waals surface area contributed by atoms with E-state index in [1.54, 1.807) is 6.92 Å². The van der Waals surface area contributed by atoms with Crippen LogP contribution in [-0.2, 0) is 4.79 Å². The summed E-state index contributed by atoms with van der Waals surface area (Å²) in [5.41, 5.74) is 0.917. The third-order valence-electron chi connectivity index (χ3n) is 6.50. The van der Waals surface area contributed by atoms with Crippen LogP contribution in [0.1, 0.15) is 63.4 Å². The van der Waals surface area contributed by atoms with Gasteiger partial charge in [0.1, 0.15) is 5.78 Å². The molecule has 0 N–H and O–H groups in total. The second kappa shape index (κ2) is 8.66. The van der Waals surface area contributed by atoms with Gasteiger partial charge >= 0.3 is 0 Å². The Morgan fingerprint density at radius 1 is 1.12 bits per heavy atom. The van der Waals surface area contributed by atoms with E-state index in [4.69, 9.17) is 0 Å². The van der Waals surface area contributed by atoms with Gasteiger partial charge < -0.3 is 0 Å². The summed E-state index contributed by atoms with van der Waals surface area (Å²) in [6.45, 7) is 5.59. The molecule has 1 fully saturated rings. The maximum atomic E-state index is 12.6. The minimum atomic E-state index is -0.378. The van der Waals surface area contributed by atoms with Crippen LogP contribution in [0.4, 0.5) is 0 Å². The largest absolute Gasteiger partial charge is 0.299 e. The molecular formula is C25H32O. The smallest absolute Gasteiger partial charge is 0.143 e. The Bertz CT molecular complexity index is 645. The van der Waals surface area contributed by atoms with Gasteiger partial charge in [0.05, 0.1) is 5.41 Å². The van der Waals surface area contributed by atoms with Crippen molar-refractivity contribution in [3.63, 3.8) is 0 Å². The number of hydrogen-bond acceptors (Lipinski definition) is 1. The van der Waals surface area contributed by atoms with Crippen LogP contribution >= 0.6 is 0 Å². The van der Waals surface area contributed by atoms with Crippen LogP contribution in [-0.4, -0.2) is 5.78 Å². The van der Waals surface area contributed by atoms with Crippen LogP contribution in [0.3, 0.4) is 0 Å². The first-order valence-electron chi connectivity index (χ1n) is 10.2. The summed E-state index contributed by atoms with van der Waals surface area (Å²) >= 11 is 0. The van der Waals surface area contributed by atoms with Crippen LogP contribution in [0.2, 0.25) is 0 Å². The van der Waals surface area contributed by atoms with E-state index in [0.717, 1.165) is 12.3 Å². The number of rotatable bonds is 7. The average molecular weight is 349 g/mol. The van der Waals surface area contributed by atoms with Crippen LogP contribution in [0, 0.1) is 17.3 Å². The van der Waals surface area contributed by atoms with Crippen LogP contribution < -0.4 is 0 Å². The monoisotopic (exact) mass is 348 g/mol. The minimum Gasteiger partial charge on any atom is -0.299 e. The molecule has 0 radical (unpaired) electrons. The number of unbranched alkanes of at least 4 members (excludes halogenated alkanes) is 1. The van der Waals surface area contributed by atoms with E-state index in [9.17, 15) is 4.79 Å². The molecule has 2 aliphatic carbocycles. The Morgan fingerprint density at radius 2 is 1.77 bits per heavy atom. The number of ketones is 1. The molecular weight excluding hydrogens is 316 g/mol. The van der Waals surface area contributed by atoms with Crippen molar-refractivity contribution in [1.82, 2.24) is 0 Å².